The number of hydrogen-bond donors (Lipinski definition) is 1. The van der Waals surface area contributed by atoms with Gasteiger partial charge >= 0.3 is 0 Å². The van der Waals surface area contributed by atoms with Crippen molar-refractivity contribution in [2.45, 2.75) is 13.3 Å². The molecule has 0 aliphatic rings. The molecule has 0 amide bonds. The number of rotatable bonds is 4. The Morgan fingerprint density at radius 3 is 2.80 bits per heavy atom. The highest BCUT2D eigenvalue weighted by atomic mass is 19.3. The molecule has 1 N–H and O–H groups in total. The first-order chi connectivity index (χ1) is 7.13. The fourth-order valence-corrected chi connectivity index (χ4v) is 1.40. The summed E-state index contributed by atoms with van der Waals surface area (Å²) in [7, 11) is 1.85. The third-order valence-electron chi connectivity index (χ3n) is 2.03. The molecule has 0 aliphatic carbocycles. The van der Waals surface area contributed by atoms with E-state index in [9.17, 15) is 8.78 Å². The van der Waals surface area contributed by atoms with Crippen LogP contribution in [0.4, 0.5) is 8.78 Å². The van der Waals surface area contributed by atoms with Crippen molar-refractivity contribution < 1.29 is 8.78 Å². The quantitative estimate of drug-likeness (QED) is 0.806. The molecule has 3 heteroatoms. The Labute approximate surface area is 88.8 Å². The van der Waals surface area contributed by atoms with Gasteiger partial charge in [0.15, 0.2) is 0 Å². The Bertz CT molecular complexity index is 345. The molecule has 0 atom stereocenters. The fraction of sp³-hybridized carbons (Fsp3) is 0.333. The first-order valence-corrected chi connectivity index (χ1v) is 4.83. The molecule has 0 heterocycles. The van der Waals surface area contributed by atoms with E-state index in [1.54, 1.807) is 6.07 Å². The summed E-state index contributed by atoms with van der Waals surface area (Å²) in [4.78, 5) is 0. The molecule has 0 fully saturated rings. The molecule has 15 heavy (non-hydrogen) atoms. The van der Waals surface area contributed by atoms with Crippen molar-refractivity contribution in [1.29, 1.82) is 0 Å². The molecule has 1 aromatic carbocycles. The van der Waals surface area contributed by atoms with E-state index in [4.69, 9.17) is 0 Å². The maximum Gasteiger partial charge on any atom is 0.263 e. The molecule has 0 spiro atoms. The van der Waals surface area contributed by atoms with Crippen LogP contribution in [0.25, 0.3) is 6.08 Å². The smallest absolute Gasteiger partial charge is 0.263 e. The predicted octanol–water partition coefficient (Wildman–Crippen LogP) is 3.25. The number of benzene rings is 1. The van der Waals surface area contributed by atoms with Crippen molar-refractivity contribution in [1.82, 2.24) is 5.32 Å². The van der Waals surface area contributed by atoms with E-state index in [1.807, 2.05) is 26.1 Å². The van der Waals surface area contributed by atoms with E-state index in [0.717, 1.165) is 17.7 Å². The molecule has 0 saturated carbocycles. The van der Waals surface area contributed by atoms with Gasteiger partial charge in [-0.05, 0) is 25.6 Å². The summed E-state index contributed by atoms with van der Waals surface area (Å²) in [6.45, 7) is 2.73. The number of alkyl halides is 2. The highest BCUT2D eigenvalue weighted by Crippen LogP contribution is 2.20. The van der Waals surface area contributed by atoms with Gasteiger partial charge in [-0.25, -0.2) is 8.78 Å². The molecular formula is C12H15F2N. The standard InChI is InChI=1S/C12H15F2N/c1-9(8-15-2)6-10-4-3-5-11(7-10)12(13)14/h3-7,12,15H,8H2,1-2H3/b9-6+. The van der Waals surface area contributed by atoms with Crippen LogP contribution >= 0.6 is 0 Å². The molecule has 0 radical (unpaired) electrons. The van der Waals surface area contributed by atoms with Crippen LogP contribution < -0.4 is 5.32 Å². The lowest BCUT2D eigenvalue weighted by Crippen LogP contribution is -2.08. The second-order valence-corrected chi connectivity index (χ2v) is 3.49. The summed E-state index contributed by atoms with van der Waals surface area (Å²) < 4.78 is 24.8. The van der Waals surface area contributed by atoms with E-state index in [2.05, 4.69) is 5.32 Å². The topological polar surface area (TPSA) is 12.0 Å². The van der Waals surface area contributed by atoms with Crippen LogP contribution in [-0.2, 0) is 0 Å². The molecule has 0 unspecified atom stereocenters. The van der Waals surface area contributed by atoms with E-state index >= 15 is 0 Å². The van der Waals surface area contributed by atoms with Crippen LogP contribution in [0.3, 0.4) is 0 Å². The van der Waals surface area contributed by atoms with Gasteiger partial charge in [0.2, 0.25) is 0 Å². The van der Waals surface area contributed by atoms with E-state index in [-0.39, 0.29) is 5.56 Å². The summed E-state index contributed by atoms with van der Waals surface area (Å²) in [6, 6.07) is 6.43. The van der Waals surface area contributed by atoms with Gasteiger partial charge < -0.3 is 5.32 Å². The van der Waals surface area contributed by atoms with Crippen molar-refractivity contribution in [3.05, 3.63) is 41.0 Å². The molecule has 82 valence electrons. The zero-order chi connectivity index (χ0) is 11.3. The van der Waals surface area contributed by atoms with Gasteiger partial charge in [0.25, 0.3) is 6.43 Å². The number of hydrogen-bond acceptors (Lipinski definition) is 1. The van der Waals surface area contributed by atoms with Gasteiger partial charge in [-0.15, -0.1) is 0 Å². The minimum Gasteiger partial charge on any atom is -0.316 e. The molecule has 1 nitrogen and oxygen atoms in total. The van der Waals surface area contributed by atoms with E-state index in [1.165, 1.54) is 12.1 Å². The Hall–Kier alpha value is -1.22. The largest absolute Gasteiger partial charge is 0.316 e. The van der Waals surface area contributed by atoms with E-state index in [0.29, 0.717) is 0 Å². The van der Waals surface area contributed by atoms with Crippen molar-refractivity contribution in [3.8, 4) is 0 Å². The van der Waals surface area contributed by atoms with Crippen LogP contribution in [0, 0.1) is 0 Å². The lowest BCUT2D eigenvalue weighted by molar-refractivity contribution is 0.151. The lowest BCUT2D eigenvalue weighted by Gasteiger charge is -2.03. The first-order valence-electron chi connectivity index (χ1n) is 4.83. The first kappa shape index (κ1) is 11.9. The van der Waals surface area contributed by atoms with Crippen LogP contribution in [-0.4, -0.2) is 13.6 Å². The second kappa shape index (κ2) is 5.61. The SMILES string of the molecule is CNC/C(C)=C/c1cccc(C(F)F)c1. The van der Waals surface area contributed by atoms with Gasteiger partial charge in [-0.3, -0.25) is 0 Å². The Kier molecular flexibility index (Phi) is 4.43. The Morgan fingerprint density at radius 2 is 2.20 bits per heavy atom. The van der Waals surface area contributed by atoms with Crippen LogP contribution in [0.5, 0.6) is 0 Å². The highest BCUT2D eigenvalue weighted by Gasteiger charge is 2.05. The molecule has 0 bridgehead atoms. The molecule has 0 aromatic heterocycles. The molecular weight excluding hydrogens is 196 g/mol. The Morgan fingerprint density at radius 1 is 1.47 bits per heavy atom. The highest BCUT2D eigenvalue weighted by molar-refractivity contribution is 5.53. The molecule has 1 rings (SSSR count). The van der Waals surface area contributed by atoms with Gasteiger partial charge in [0, 0.05) is 12.1 Å². The summed E-state index contributed by atoms with van der Waals surface area (Å²) in [5, 5.41) is 3.01. The number of halogens is 2. The van der Waals surface area contributed by atoms with Gasteiger partial charge in [-0.1, -0.05) is 29.8 Å². The predicted molar refractivity (Wildman–Crippen MR) is 59.0 cm³/mol. The molecule has 0 saturated heterocycles. The zero-order valence-corrected chi connectivity index (χ0v) is 8.93. The van der Waals surface area contributed by atoms with Crippen LogP contribution in [0.15, 0.2) is 29.8 Å². The van der Waals surface area contributed by atoms with E-state index < -0.39 is 6.43 Å². The summed E-state index contributed by atoms with van der Waals surface area (Å²) in [5.41, 5.74) is 2.01. The molecule has 0 aliphatic heterocycles. The van der Waals surface area contributed by atoms with Crippen molar-refractivity contribution >= 4 is 6.08 Å². The summed E-state index contributed by atoms with van der Waals surface area (Å²) in [5.74, 6) is 0. The van der Waals surface area contributed by atoms with Crippen molar-refractivity contribution in [2.24, 2.45) is 0 Å². The van der Waals surface area contributed by atoms with Gasteiger partial charge in [-0.2, -0.15) is 0 Å². The maximum absolute atomic E-state index is 12.4. The zero-order valence-electron chi connectivity index (χ0n) is 8.93. The van der Waals surface area contributed by atoms with Crippen molar-refractivity contribution in [2.75, 3.05) is 13.6 Å². The van der Waals surface area contributed by atoms with Crippen molar-refractivity contribution in [3.63, 3.8) is 0 Å². The lowest BCUT2D eigenvalue weighted by atomic mass is 10.1. The minimum atomic E-state index is -2.40. The van der Waals surface area contributed by atoms with Gasteiger partial charge in [0.1, 0.15) is 0 Å². The minimum absolute atomic E-state index is 0.0704. The number of likely N-dealkylation sites (N-methyl/N-ethyl adjacent to an activating group) is 1. The average Bonchev–Trinajstić information content (AvgIpc) is 2.18. The van der Waals surface area contributed by atoms with Crippen LogP contribution in [0.1, 0.15) is 24.5 Å². The Balaban J connectivity index is 2.86. The second-order valence-electron chi connectivity index (χ2n) is 3.49. The fourth-order valence-electron chi connectivity index (χ4n) is 1.40. The monoisotopic (exact) mass is 211 g/mol. The van der Waals surface area contributed by atoms with Gasteiger partial charge in [0.05, 0.1) is 0 Å². The molecule has 1 aromatic rings. The number of nitrogens with one attached hydrogen (secondary N) is 1. The van der Waals surface area contributed by atoms with Crippen LogP contribution in [0.2, 0.25) is 0 Å². The third kappa shape index (κ3) is 3.80. The summed E-state index contributed by atoms with van der Waals surface area (Å²) >= 11 is 0. The normalized spacial score (nSPS) is 12.2. The maximum atomic E-state index is 12.4. The third-order valence-corrected chi connectivity index (χ3v) is 2.03. The summed E-state index contributed by atoms with van der Waals surface area (Å²) in [6.07, 6.45) is -0.495. The average molecular weight is 211 g/mol.